The molecule has 0 radical (unpaired) electrons. The van der Waals surface area contributed by atoms with E-state index in [0.29, 0.717) is 16.8 Å². The molecule has 0 unspecified atom stereocenters. The van der Waals surface area contributed by atoms with Crippen molar-refractivity contribution < 1.29 is 22.7 Å². The summed E-state index contributed by atoms with van der Waals surface area (Å²) in [5.74, 6) is 1.00. The average Bonchev–Trinajstić information content (AvgIpc) is 2.86. The van der Waals surface area contributed by atoms with Crippen LogP contribution in [-0.4, -0.2) is 21.6 Å². The lowest BCUT2D eigenvalue weighted by molar-refractivity contribution is -0.137. The summed E-state index contributed by atoms with van der Waals surface area (Å²) in [5, 5.41) is 2.84. The Morgan fingerprint density at radius 1 is 1.00 bits per heavy atom. The van der Waals surface area contributed by atoms with E-state index >= 15 is 0 Å². The predicted octanol–water partition coefficient (Wildman–Crippen LogP) is 7.25. The largest absolute Gasteiger partial charge is 0.457 e. The van der Waals surface area contributed by atoms with Crippen molar-refractivity contribution in [1.82, 2.24) is 9.97 Å². The number of thioether (sulfide) groups is 1. The number of ether oxygens (including phenoxy) is 1. The van der Waals surface area contributed by atoms with Gasteiger partial charge in [0.05, 0.1) is 12.0 Å². The molecule has 0 saturated heterocycles. The van der Waals surface area contributed by atoms with Crippen LogP contribution in [0.2, 0.25) is 0 Å². The topological polar surface area (TPSA) is 64.1 Å². The number of nitrogens with zero attached hydrogens (tertiary/aromatic N) is 2. The van der Waals surface area contributed by atoms with E-state index in [9.17, 15) is 18.0 Å². The predicted molar refractivity (Wildman–Crippen MR) is 134 cm³/mol. The maximum Gasteiger partial charge on any atom is 0.416 e. The first-order valence-electron chi connectivity index (χ1n) is 11.1. The van der Waals surface area contributed by atoms with Crippen LogP contribution >= 0.6 is 11.8 Å². The molecule has 5 nitrogen and oxygen atoms in total. The molecule has 0 fully saturated rings. The van der Waals surface area contributed by atoms with E-state index in [-0.39, 0.29) is 23.8 Å². The summed E-state index contributed by atoms with van der Waals surface area (Å²) in [6.07, 6.45) is 0.187. The monoisotopic (exact) mass is 509 g/mol. The van der Waals surface area contributed by atoms with Crippen LogP contribution in [0.25, 0.3) is 11.1 Å². The number of benzene rings is 3. The molecule has 4 aromatic rings. The molecule has 4 rings (SSSR count). The number of nitrogens with one attached hydrogen (secondary N) is 1. The van der Waals surface area contributed by atoms with Gasteiger partial charge in [-0.2, -0.15) is 13.2 Å². The standard InChI is InChI=1S/C27H22F3N3O2S/c1-2-36-23-9-6-18(7-10-23)12-26(34)33-21-8-11-24(19-15-31-17-32-16-19)25(14-21)35-22-5-3-4-20(13-22)27(28,29)30/h3-11,13-17H,2,12H2,1H3,(H,33,34). The van der Waals surface area contributed by atoms with E-state index in [1.807, 2.05) is 24.3 Å². The first-order chi connectivity index (χ1) is 17.3. The van der Waals surface area contributed by atoms with Crippen LogP contribution in [0, 0.1) is 0 Å². The van der Waals surface area contributed by atoms with Crippen molar-refractivity contribution in [2.45, 2.75) is 24.4 Å². The molecule has 1 aromatic heterocycles. The van der Waals surface area contributed by atoms with E-state index in [1.54, 1.807) is 42.4 Å². The lowest BCUT2D eigenvalue weighted by atomic mass is 10.1. The molecule has 36 heavy (non-hydrogen) atoms. The van der Waals surface area contributed by atoms with Crippen molar-refractivity contribution in [3.8, 4) is 22.6 Å². The van der Waals surface area contributed by atoms with E-state index in [4.69, 9.17) is 4.74 Å². The van der Waals surface area contributed by atoms with Gasteiger partial charge in [0.25, 0.3) is 0 Å². The van der Waals surface area contributed by atoms with E-state index in [2.05, 4.69) is 22.2 Å². The molecular weight excluding hydrogens is 487 g/mol. The molecule has 1 N–H and O–H groups in total. The third kappa shape index (κ3) is 6.63. The molecule has 184 valence electrons. The van der Waals surface area contributed by atoms with Gasteiger partial charge in [-0.15, -0.1) is 11.8 Å². The van der Waals surface area contributed by atoms with Crippen molar-refractivity contribution in [3.05, 3.63) is 96.6 Å². The third-order valence-electron chi connectivity index (χ3n) is 5.13. The Balaban J connectivity index is 1.58. The zero-order chi connectivity index (χ0) is 25.5. The SMILES string of the molecule is CCSc1ccc(CC(=O)Nc2ccc(-c3cncnc3)c(Oc3cccc(C(F)(F)F)c3)c2)cc1. The van der Waals surface area contributed by atoms with Gasteiger partial charge in [0, 0.05) is 40.2 Å². The minimum absolute atomic E-state index is 0.0106. The smallest absolute Gasteiger partial charge is 0.416 e. The van der Waals surface area contributed by atoms with E-state index < -0.39 is 11.7 Å². The van der Waals surface area contributed by atoms with Crippen molar-refractivity contribution in [2.24, 2.45) is 0 Å². The zero-order valence-electron chi connectivity index (χ0n) is 19.3. The van der Waals surface area contributed by atoms with Gasteiger partial charge >= 0.3 is 6.18 Å². The normalized spacial score (nSPS) is 11.2. The molecule has 0 saturated carbocycles. The highest BCUT2D eigenvalue weighted by molar-refractivity contribution is 7.99. The van der Waals surface area contributed by atoms with Crippen molar-refractivity contribution in [2.75, 3.05) is 11.1 Å². The maximum absolute atomic E-state index is 13.2. The molecule has 0 aliphatic heterocycles. The summed E-state index contributed by atoms with van der Waals surface area (Å²) in [4.78, 5) is 21.8. The van der Waals surface area contributed by atoms with Crippen LogP contribution in [-0.2, 0) is 17.4 Å². The highest BCUT2D eigenvalue weighted by Crippen LogP contribution is 2.37. The summed E-state index contributed by atoms with van der Waals surface area (Å²) in [5.41, 5.74) is 1.67. The number of hydrogen-bond acceptors (Lipinski definition) is 5. The molecule has 0 bridgehead atoms. The summed E-state index contributed by atoms with van der Waals surface area (Å²) < 4.78 is 45.4. The van der Waals surface area contributed by atoms with Gasteiger partial charge in [-0.3, -0.25) is 4.79 Å². The number of aromatic nitrogens is 2. The van der Waals surface area contributed by atoms with Gasteiger partial charge in [-0.1, -0.05) is 25.1 Å². The minimum Gasteiger partial charge on any atom is -0.457 e. The highest BCUT2D eigenvalue weighted by atomic mass is 32.2. The summed E-state index contributed by atoms with van der Waals surface area (Å²) in [6.45, 7) is 2.08. The molecule has 0 aliphatic rings. The van der Waals surface area contributed by atoms with Crippen LogP contribution in [0.1, 0.15) is 18.1 Å². The van der Waals surface area contributed by atoms with Crippen LogP contribution in [0.5, 0.6) is 11.5 Å². The number of halogens is 3. The van der Waals surface area contributed by atoms with Gasteiger partial charge in [-0.05, 0) is 53.8 Å². The maximum atomic E-state index is 13.2. The summed E-state index contributed by atoms with van der Waals surface area (Å²) >= 11 is 1.72. The van der Waals surface area contributed by atoms with Gasteiger partial charge in [0.2, 0.25) is 5.91 Å². The number of rotatable bonds is 8. The molecular formula is C27H22F3N3O2S. The second kappa shape index (κ2) is 11.3. The molecule has 0 atom stereocenters. The van der Waals surface area contributed by atoms with Crippen LogP contribution in [0.3, 0.4) is 0 Å². The van der Waals surface area contributed by atoms with Gasteiger partial charge in [0.1, 0.15) is 17.8 Å². The lowest BCUT2D eigenvalue weighted by Crippen LogP contribution is -2.14. The van der Waals surface area contributed by atoms with Crippen LogP contribution in [0.4, 0.5) is 18.9 Å². The van der Waals surface area contributed by atoms with Crippen molar-refractivity contribution in [1.29, 1.82) is 0 Å². The fourth-order valence-corrected chi connectivity index (χ4v) is 4.15. The fraction of sp³-hybridized carbons (Fsp3) is 0.148. The van der Waals surface area contributed by atoms with Crippen molar-refractivity contribution in [3.63, 3.8) is 0 Å². The Hall–Kier alpha value is -3.85. The van der Waals surface area contributed by atoms with Gasteiger partial charge in [0.15, 0.2) is 0 Å². The summed E-state index contributed by atoms with van der Waals surface area (Å²) in [7, 11) is 0. The lowest BCUT2D eigenvalue weighted by Gasteiger charge is -2.15. The number of carbonyl (C=O) groups is 1. The van der Waals surface area contributed by atoms with E-state index in [0.717, 1.165) is 28.3 Å². The number of anilines is 1. The number of amides is 1. The molecule has 0 spiro atoms. The third-order valence-corrected chi connectivity index (χ3v) is 6.02. The van der Waals surface area contributed by atoms with Gasteiger partial charge in [-0.25, -0.2) is 9.97 Å². The molecule has 0 aliphatic carbocycles. The zero-order valence-corrected chi connectivity index (χ0v) is 20.1. The van der Waals surface area contributed by atoms with E-state index in [1.165, 1.54) is 18.5 Å². The van der Waals surface area contributed by atoms with Crippen LogP contribution < -0.4 is 10.1 Å². The first-order valence-corrected chi connectivity index (χ1v) is 12.1. The minimum atomic E-state index is -4.50. The Bertz CT molecular complexity index is 1330. The van der Waals surface area contributed by atoms with Gasteiger partial charge < -0.3 is 10.1 Å². The highest BCUT2D eigenvalue weighted by Gasteiger charge is 2.30. The molecule has 1 amide bonds. The Morgan fingerprint density at radius 3 is 2.44 bits per heavy atom. The quantitative estimate of drug-likeness (QED) is 0.254. The summed E-state index contributed by atoms with van der Waals surface area (Å²) in [6, 6.07) is 17.4. The Morgan fingerprint density at radius 2 is 1.75 bits per heavy atom. The fourth-order valence-electron chi connectivity index (χ4n) is 3.48. The average molecular weight is 510 g/mol. The second-order valence-electron chi connectivity index (χ2n) is 7.77. The molecule has 3 aromatic carbocycles. The molecule has 9 heteroatoms. The second-order valence-corrected chi connectivity index (χ2v) is 9.11. The molecule has 1 heterocycles. The first kappa shape index (κ1) is 25.2. The number of carbonyl (C=O) groups excluding carboxylic acids is 1. The van der Waals surface area contributed by atoms with Crippen molar-refractivity contribution >= 4 is 23.4 Å². The Kier molecular flexibility index (Phi) is 7.90. The Labute approximate surface area is 210 Å². The number of hydrogen-bond donors (Lipinski definition) is 1. The van der Waals surface area contributed by atoms with Crippen LogP contribution in [0.15, 0.2) is 90.3 Å². The number of alkyl halides is 3.